The molecular weight excluding hydrogens is 407 g/mol. The number of thiophene rings is 1. The van der Waals surface area contributed by atoms with Crippen molar-refractivity contribution in [2.75, 3.05) is 0 Å². The smallest absolute Gasteiger partial charge is 0.404 e. The van der Waals surface area contributed by atoms with Gasteiger partial charge in [0, 0.05) is 15.9 Å². The van der Waals surface area contributed by atoms with E-state index < -0.39 is 27.0 Å². The number of rotatable bonds is 5. The number of hydrogen-bond donors (Lipinski definition) is 1. The highest BCUT2D eigenvalue weighted by Gasteiger charge is 2.34. The highest BCUT2D eigenvalue weighted by atomic mass is 79.9. The van der Waals surface area contributed by atoms with Gasteiger partial charge in [-0.1, -0.05) is 22.0 Å². The topological polar surface area (TPSA) is 55.4 Å². The van der Waals surface area contributed by atoms with Crippen LogP contribution in [0.4, 0.5) is 13.2 Å². The minimum Gasteiger partial charge on any atom is -0.404 e. The average Bonchev–Trinajstić information content (AvgIpc) is 2.87. The fourth-order valence-electron chi connectivity index (χ4n) is 1.57. The SMILES string of the molecule is O=S(=O)(NCc1cccs1)c1ccc(Br)cc1OC(F)(F)F. The van der Waals surface area contributed by atoms with Gasteiger partial charge in [0.05, 0.1) is 0 Å². The highest BCUT2D eigenvalue weighted by molar-refractivity contribution is 9.10. The van der Waals surface area contributed by atoms with Gasteiger partial charge in [-0.25, -0.2) is 13.1 Å². The zero-order valence-electron chi connectivity index (χ0n) is 10.7. The molecule has 1 heterocycles. The molecule has 0 amide bonds. The standard InChI is InChI=1S/C12H9BrF3NO3S2/c13-8-3-4-11(10(6-8)20-12(14,15)16)22(18,19)17-7-9-2-1-5-21-9/h1-6,17H,7H2. The predicted octanol–water partition coefficient (Wildman–Crippen LogP) is 3.89. The molecule has 120 valence electrons. The molecular formula is C12H9BrF3NO3S2. The summed E-state index contributed by atoms with van der Waals surface area (Å²) < 4.78 is 67.9. The molecule has 2 aromatic rings. The van der Waals surface area contributed by atoms with Gasteiger partial charge in [0.2, 0.25) is 10.0 Å². The summed E-state index contributed by atoms with van der Waals surface area (Å²) in [4.78, 5) is 0.156. The number of hydrogen-bond acceptors (Lipinski definition) is 4. The van der Waals surface area contributed by atoms with E-state index in [1.807, 2.05) is 0 Å². The zero-order chi connectivity index (χ0) is 16.4. The van der Waals surface area contributed by atoms with Crippen LogP contribution in [-0.4, -0.2) is 14.8 Å². The van der Waals surface area contributed by atoms with E-state index in [9.17, 15) is 21.6 Å². The summed E-state index contributed by atoms with van der Waals surface area (Å²) in [5.74, 6) is -0.791. The Labute approximate surface area is 137 Å². The first-order valence-electron chi connectivity index (χ1n) is 5.75. The average molecular weight is 416 g/mol. The molecule has 0 saturated carbocycles. The lowest BCUT2D eigenvalue weighted by Gasteiger charge is -2.14. The molecule has 0 radical (unpaired) electrons. The van der Waals surface area contributed by atoms with Gasteiger partial charge < -0.3 is 4.74 Å². The van der Waals surface area contributed by atoms with E-state index in [4.69, 9.17) is 0 Å². The summed E-state index contributed by atoms with van der Waals surface area (Å²) in [6, 6.07) is 6.77. The van der Waals surface area contributed by atoms with Gasteiger partial charge in [-0.15, -0.1) is 24.5 Å². The summed E-state index contributed by atoms with van der Waals surface area (Å²) in [5.41, 5.74) is 0. The Morgan fingerprint density at radius 1 is 1.27 bits per heavy atom. The maximum atomic E-state index is 12.4. The van der Waals surface area contributed by atoms with Crippen molar-refractivity contribution < 1.29 is 26.3 Å². The quantitative estimate of drug-likeness (QED) is 0.805. The fraction of sp³-hybridized carbons (Fsp3) is 0.167. The second kappa shape index (κ2) is 6.57. The van der Waals surface area contributed by atoms with Crippen molar-refractivity contribution in [1.82, 2.24) is 4.72 Å². The third-order valence-electron chi connectivity index (χ3n) is 2.44. The molecule has 0 aliphatic rings. The van der Waals surface area contributed by atoms with Crippen molar-refractivity contribution in [3.63, 3.8) is 0 Å². The molecule has 22 heavy (non-hydrogen) atoms. The lowest BCUT2D eigenvalue weighted by Crippen LogP contribution is -2.25. The minimum atomic E-state index is -4.99. The van der Waals surface area contributed by atoms with Gasteiger partial charge in [0.25, 0.3) is 0 Å². The minimum absolute atomic E-state index is 0.0124. The Morgan fingerprint density at radius 3 is 2.59 bits per heavy atom. The third kappa shape index (κ3) is 4.70. The summed E-state index contributed by atoms with van der Waals surface area (Å²) in [5, 5.41) is 1.77. The van der Waals surface area contributed by atoms with Crippen LogP contribution in [0.25, 0.3) is 0 Å². The van der Waals surface area contributed by atoms with E-state index in [0.29, 0.717) is 0 Å². The Hall–Kier alpha value is -1.10. The molecule has 2 rings (SSSR count). The van der Waals surface area contributed by atoms with E-state index >= 15 is 0 Å². The summed E-state index contributed by atoms with van der Waals surface area (Å²) in [6.45, 7) is -0.0124. The van der Waals surface area contributed by atoms with Gasteiger partial charge in [0.1, 0.15) is 4.90 Å². The molecule has 0 aliphatic heterocycles. The third-order valence-corrected chi connectivity index (χ3v) is 5.25. The Bertz CT molecular complexity index is 745. The normalized spacial score (nSPS) is 12.4. The van der Waals surface area contributed by atoms with E-state index in [0.717, 1.165) is 17.0 Å². The molecule has 0 aliphatic carbocycles. The summed E-state index contributed by atoms with van der Waals surface area (Å²) in [7, 11) is -4.15. The monoisotopic (exact) mass is 415 g/mol. The van der Waals surface area contributed by atoms with Crippen molar-refractivity contribution in [3.8, 4) is 5.75 Å². The van der Waals surface area contributed by atoms with Gasteiger partial charge in [-0.2, -0.15) is 0 Å². The van der Waals surface area contributed by atoms with Crippen molar-refractivity contribution in [2.24, 2.45) is 0 Å². The first kappa shape index (κ1) is 17.3. The first-order chi connectivity index (χ1) is 10.2. The van der Waals surface area contributed by atoms with E-state index in [1.54, 1.807) is 17.5 Å². The Morgan fingerprint density at radius 2 is 2.00 bits per heavy atom. The number of sulfonamides is 1. The van der Waals surface area contributed by atoms with Crippen LogP contribution in [0.3, 0.4) is 0 Å². The van der Waals surface area contributed by atoms with Gasteiger partial charge in [0.15, 0.2) is 5.75 Å². The molecule has 1 aromatic heterocycles. The van der Waals surface area contributed by atoms with Gasteiger partial charge >= 0.3 is 6.36 Å². The molecule has 1 N–H and O–H groups in total. The van der Waals surface area contributed by atoms with Crippen LogP contribution in [0.2, 0.25) is 0 Å². The van der Waals surface area contributed by atoms with Crippen LogP contribution in [0.15, 0.2) is 45.1 Å². The van der Waals surface area contributed by atoms with Crippen molar-refractivity contribution >= 4 is 37.3 Å². The second-order valence-corrected chi connectivity index (χ2v) is 7.73. The van der Waals surface area contributed by atoms with Crippen molar-refractivity contribution in [1.29, 1.82) is 0 Å². The van der Waals surface area contributed by atoms with E-state index in [2.05, 4.69) is 25.4 Å². The molecule has 4 nitrogen and oxygen atoms in total. The molecule has 1 aromatic carbocycles. The van der Waals surface area contributed by atoms with Crippen LogP contribution >= 0.6 is 27.3 Å². The van der Waals surface area contributed by atoms with Crippen LogP contribution in [0, 0.1) is 0 Å². The molecule has 10 heteroatoms. The molecule has 0 bridgehead atoms. The zero-order valence-corrected chi connectivity index (χ0v) is 13.9. The van der Waals surface area contributed by atoms with E-state index in [-0.39, 0.29) is 11.0 Å². The lowest BCUT2D eigenvalue weighted by atomic mass is 10.3. The van der Waals surface area contributed by atoms with Gasteiger partial charge in [-0.05, 0) is 29.6 Å². The molecule has 0 spiro atoms. The van der Waals surface area contributed by atoms with E-state index in [1.165, 1.54) is 17.4 Å². The first-order valence-corrected chi connectivity index (χ1v) is 8.90. The predicted molar refractivity (Wildman–Crippen MR) is 79.2 cm³/mol. The number of halogens is 4. The fourth-order valence-corrected chi connectivity index (χ4v) is 3.76. The molecule has 0 unspecified atom stereocenters. The number of benzene rings is 1. The maximum absolute atomic E-state index is 12.4. The number of alkyl halides is 3. The number of nitrogens with one attached hydrogen (secondary N) is 1. The van der Waals surface area contributed by atoms with Crippen molar-refractivity contribution in [2.45, 2.75) is 17.8 Å². The Balaban J connectivity index is 2.29. The second-order valence-electron chi connectivity index (χ2n) is 4.04. The summed E-state index contributed by atoms with van der Waals surface area (Å²) >= 11 is 4.31. The molecule has 0 fully saturated rings. The lowest BCUT2D eigenvalue weighted by molar-refractivity contribution is -0.275. The van der Waals surface area contributed by atoms with Gasteiger partial charge in [-0.3, -0.25) is 0 Å². The van der Waals surface area contributed by atoms with Crippen molar-refractivity contribution in [3.05, 3.63) is 45.1 Å². The molecule has 0 atom stereocenters. The van der Waals surface area contributed by atoms with Crippen LogP contribution in [0.1, 0.15) is 4.88 Å². The number of ether oxygens (including phenoxy) is 1. The van der Waals surface area contributed by atoms with Crippen LogP contribution in [-0.2, 0) is 16.6 Å². The Kier molecular flexibility index (Phi) is 5.15. The maximum Gasteiger partial charge on any atom is 0.573 e. The summed E-state index contributed by atoms with van der Waals surface area (Å²) in [6.07, 6.45) is -4.99. The largest absolute Gasteiger partial charge is 0.573 e. The van der Waals surface area contributed by atoms with Crippen LogP contribution < -0.4 is 9.46 Å². The molecule has 0 saturated heterocycles. The highest BCUT2D eigenvalue weighted by Crippen LogP contribution is 2.32. The van der Waals surface area contributed by atoms with Crippen LogP contribution in [0.5, 0.6) is 5.75 Å².